The molecule has 8 heteroatoms. The minimum absolute atomic E-state index is 0.0348. The molecule has 0 bridgehead atoms. The van der Waals surface area contributed by atoms with Crippen molar-refractivity contribution in [3.63, 3.8) is 0 Å². The zero-order chi connectivity index (χ0) is 25.8. The highest BCUT2D eigenvalue weighted by Crippen LogP contribution is 2.32. The highest BCUT2D eigenvalue weighted by molar-refractivity contribution is 6.03. The molecule has 0 radical (unpaired) electrons. The number of aromatic nitrogens is 1. The Bertz CT molecular complexity index is 1370. The lowest BCUT2D eigenvalue weighted by atomic mass is 10.0. The van der Waals surface area contributed by atoms with E-state index in [1.54, 1.807) is 31.3 Å². The second kappa shape index (κ2) is 10.3. The first-order valence-corrected chi connectivity index (χ1v) is 12.2. The number of aliphatic hydroxyl groups is 1. The maximum Gasteiger partial charge on any atom is 0.270 e. The van der Waals surface area contributed by atoms with E-state index in [1.165, 1.54) is 17.2 Å². The van der Waals surface area contributed by atoms with Crippen LogP contribution in [0.4, 0.5) is 5.69 Å². The van der Waals surface area contributed by atoms with Crippen LogP contribution >= 0.6 is 0 Å². The van der Waals surface area contributed by atoms with Crippen LogP contribution in [-0.4, -0.2) is 47.2 Å². The Morgan fingerprint density at radius 3 is 2.70 bits per heavy atom. The Labute approximate surface area is 215 Å². The van der Waals surface area contributed by atoms with Gasteiger partial charge in [-0.05, 0) is 62.1 Å². The van der Waals surface area contributed by atoms with E-state index < -0.39 is 17.6 Å². The molecule has 2 amide bonds. The van der Waals surface area contributed by atoms with Gasteiger partial charge in [-0.1, -0.05) is 30.0 Å². The van der Waals surface area contributed by atoms with Crippen molar-refractivity contribution in [3.8, 4) is 29.1 Å². The molecule has 2 aliphatic rings. The number of benzene rings is 2. The minimum atomic E-state index is -0.947. The number of ether oxygens (including phenoxy) is 2. The Kier molecular flexibility index (Phi) is 6.80. The second-order valence-corrected chi connectivity index (χ2v) is 9.20. The second-order valence-electron chi connectivity index (χ2n) is 9.20. The average Bonchev–Trinajstić information content (AvgIpc) is 3.32. The summed E-state index contributed by atoms with van der Waals surface area (Å²) in [7, 11) is 1.63. The molecule has 2 heterocycles. The molecule has 8 nitrogen and oxygen atoms in total. The van der Waals surface area contributed by atoms with Gasteiger partial charge in [-0.15, -0.1) is 0 Å². The van der Waals surface area contributed by atoms with E-state index >= 15 is 0 Å². The number of rotatable bonds is 4. The molecule has 2 aromatic carbocycles. The normalized spacial score (nSPS) is 18.1. The first-order chi connectivity index (χ1) is 17.9. The Morgan fingerprint density at radius 1 is 1.14 bits per heavy atom. The number of anilines is 1. The minimum Gasteiger partial charge on any atom is -0.489 e. The molecule has 37 heavy (non-hydrogen) atoms. The molecule has 188 valence electrons. The van der Waals surface area contributed by atoms with Crippen molar-refractivity contribution in [1.29, 1.82) is 0 Å². The lowest BCUT2D eigenvalue weighted by Gasteiger charge is -2.20. The number of hydrogen-bond donors (Lipinski definition) is 2. The largest absolute Gasteiger partial charge is 0.489 e. The van der Waals surface area contributed by atoms with E-state index in [0.29, 0.717) is 41.3 Å². The smallest absolute Gasteiger partial charge is 0.270 e. The van der Waals surface area contributed by atoms with E-state index in [2.05, 4.69) is 22.1 Å². The van der Waals surface area contributed by atoms with Gasteiger partial charge in [0.15, 0.2) is 0 Å². The topological polar surface area (TPSA) is 101 Å². The molecule has 0 unspecified atom stereocenters. The van der Waals surface area contributed by atoms with Crippen molar-refractivity contribution in [2.45, 2.75) is 37.3 Å². The van der Waals surface area contributed by atoms with Crippen molar-refractivity contribution >= 4 is 17.5 Å². The van der Waals surface area contributed by atoms with Crippen molar-refractivity contribution in [1.82, 2.24) is 10.3 Å². The highest BCUT2D eigenvalue weighted by atomic mass is 16.5. The molecule has 5 rings (SSSR count). The summed E-state index contributed by atoms with van der Waals surface area (Å²) in [5.74, 6) is 6.77. The van der Waals surface area contributed by atoms with Crippen LogP contribution in [-0.2, 0) is 4.79 Å². The summed E-state index contributed by atoms with van der Waals surface area (Å²) in [6.07, 6.45) is 4.75. The van der Waals surface area contributed by atoms with E-state index in [0.717, 1.165) is 12.8 Å². The molecule has 0 saturated heterocycles. The highest BCUT2D eigenvalue weighted by Gasteiger charge is 2.32. The van der Waals surface area contributed by atoms with Crippen LogP contribution in [0.1, 0.15) is 41.7 Å². The van der Waals surface area contributed by atoms with Crippen molar-refractivity contribution in [3.05, 3.63) is 78.1 Å². The number of amides is 2. The van der Waals surface area contributed by atoms with Crippen LogP contribution in [0.2, 0.25) is 0 Å². The van der Waals surface area contributed by atoms with E-state index in [-0.39, 0.29) is 18.2 Å². The molecule has 0 spiro atoms. The molecule has 1 fully saturated rings. The number of pyridine rings is 1. The van der Waals surface area contributed by atoms with E-state index in [4.69, 9.17) is 9.47 Å². The maximum absolute atomic E-state index is 13.2. The predicted molar refractivity (Wildman–Crippen MR) is 138 cm³/mol. The molecular formula is C29H27N3O5. The molecule has 1 saturated carbocycles. The fourth-order valence-electron chi connectivity index (χ4n) is 4.41. The van der Waals surface area contributed by atoms with Crippen LogP contribution in [0.3, 0.4) is 0 Å². The van der Waals surface area contributed by atoms with Gasteiger partial charge in [0.1, 0.15) is 41.2 Å². The summed E-state index contributed by atoms with van der Waals surface area (Å²) < 4.78 is 11.7. The number of nitrogens with one attached hydrogen (secondary N) is 1. The van der Waals surface area contributed by atoms with Gasteiger partial charge in [-0.2, -0.15) is 0 Å². The summed E-state index contributed by atoms with van der Waals surface area (Å²) >= 11 is 0. The lowest BCUT2D eigenvalue weighted by molar-refractivity contribution is -0.120. The van der Waals surface area contributed by atoms with E-state index in [1.807, 2.05) is 30.3 Å². The number of carbonyl (C=O) groups is 2. The third kappa shape index (κ3) is 5.57. The van der Waals surface area contributed by atoms with Crippen LogP contribution < -0.4 is 19.7 Å². The summed E-state index contributed by atoms with van der Waals surface area (Å²) in [6, 6.07) is 16.8. The molecule has 1 aliphatic heterocycles. The Balaban J connectivity index is 1.29. The zero-order valence-electron chi connectivity index (χ0n) is 20.4. The number of hydrogen-bond acceptors (Lipinski definition) is 6. The summed E-state index contributed by atoms with van der Waals surface area (Å²) in [6.45, 7) is -0.0348. The standard InChI is InChI=1S/C29H27N3O5/c1-32-25-17-20(11-15-29(35)13-5-6-14-29)9-10-26(25)36-19-24(28(32)34)31-27(33)23-18-22(12-16-30-23)37-21-7-3-2-4-8-21/h2-4,7-10,12,16-18,24,35H,5-6,13-14,19H2,1H3,(H,31,33)/t24-/m1/s1. The van der Waals surface area contributed by atoms with Gasteiger partial charge in [0.25, 0.3) is 11.8 Å². The molecule has 1 aliphatic carbocycles. The van der Waals surface area contributed by atoms with Crippen molar-refractivity contribution in [2.24, 2.45) is 0 Å². The quantitative estimate of drug-likeness (QED) is 0.534. The van der Waals surface area contributed by atoms with Crippen LogP contribution in [0.15, 0.2) is 66.9 Å². The molecule has 2 N–H and O–H groups in total. The van der Waals surface area contributed by atoms with Gasteiger partial charge >= 0.3 is 0 Å². The third-order valence-corrected chi connectivity index (χ3v) is 6.47. The zero-order valence-corrected chi connectivity index (χ0v) is 20.4. The first kappa shape index (κ1) is 24.3. The number of likely N-dealkylation sites (N-methyl/N-ethyl adjacent to an activating group) is 1. The van der Waals surface area contributed by atoms with Gasteiger partial charge < -0.3 is 24.8 Å². The molecule has 3 aromatic rings. The predicted octanol–water partition coefficient (Wildman–Crippen LogP) is 3.68. The molecular weight excluding hydrogens is 470 g/mol. The average molecular weight is 498 g/mol. The van der Waals surface area contributed by atoms with Crippen LogP contribution in [0, 0.1) is 11.8 Å². The maximum atomic E-state index is 13.2. The molecule has 1 atom stereocenters. The summed E-state index contributed by atoms with van der Waals surface area (Å²) in [5, 5.41) is 13.2. The van der Waals surface area contributed by atoms with Gasteiger partial charge in [-0.25, -0.2) is 0 Å². The van der Waals surface area contributed by atoms with Gasteiger partial charge in [0, 0.05) is 24.9 Å². The van der Waals surface area contributed by atoms with Crippen molar-refractivity contribution in [2.75, 3.05) is 18.6 Å². The van der Waals surface area contributed by atoms with Gasteiger partial charge in [0.05, 0.1) is 5.69 Å². The SMILES string of the molecule is CN1C(=O)[C@H](NC(=O)c2cc(Oc3ccccc3)ccn2)COc2ccc(C#CC3(O)CCCC3)cc21. The Morgan fingerprint density at radius 2 is 1.92 bits per heavy atom. The monoisotopic (exact) mass is 497 g/mol. The molecule has 1 aromatic heterocycles. The fourth-order valence-corrected chi connectivity index (χ4v) is 4.41. The number of para-hydroxylation sites is 1. The lowest BCUT2D eigenvalue weighted by Crippen LogP contribution is -2.49. The van der Waals surface area contributed by atoms with Crippen molar-refractivity contribution < 1.29 is 24.2 Å². The van der Waals surface area contributed by atoms with Crippen LogP contribution in [0.5, 0.6) is 17.2 Å². The summed E-state index contributed by atoms with van der Waals surface area (Å²) in [4.78, 5) is 31.8. The van der Waals surface area contributed by atoms with Gasteiger partial charge in [0.2, 0.25) is 0 Å². The number of nitrogens with zero attached hydrogens (tertiary/aromatic N) is 2. The number of carbonyl (C=O) groups excluding carboxylic acids is 2. The Hall–Kier alpha value is -4.35. The third-order valence-electron chi connectivity index (χ3n) is 6.47. The first-order valence-electron chi connectivity index (χ1n) is 12.2. The van der Waals surface area contributed by atoms with Gasteiger partial charge in [-0.3, -0.25) is 14.6 Å². The summed E-state index contributed by atoms with van der Waals surface area (Å²) in [5.41, 5.74) is 0.387. The van der Waals surface area contributed by atoms with E-state index in [9.17, 15) is 14.7 Å². The fraction of sp³-hybridized carbons (Fsp3) is 0.276. The van der Waals surface area contributed by atoms with Crippen LogP contribution in [0.25, 0.3) is 0 Å². The number of fused-ring (bicyclic) bond motifs is 1.